The van der Waals surface area contributed by atoms with Crippen molar-refractivity contribution in [3.8, 4) is 0 Å². The van der Waals surface area contributed by atoms with Gasteiger partial charge in [0, 0.05) is 23.1 Å². The number of alkyl halides is 3. The maximum atomic E-state index is 13.3. The summed E-state index contributed by atoms with van der Waals surface area (Å²) >= 11 is 0. The number of benzene rings is 2. The molecule has 1 aliphatic carbocycles. The van der Waals surface area contributed by atoms with Crippen molar-refractivity contribution in [1.82, 2.24) is 4.57 Å². The zero-order chi connectivity index (χ0) is 19.2. The molecule has 0 saturated carbocycles. The number of para-hydroxylation sites is 1. The number of aromatic nitrogens is 1. The van der Waals surface area contributed by atoms with Gasteiger partial charge in [-0.2, -0.15) is 13.2 Å². The van der Waals surface area contributed by atoms with E-state index in [9.17, 15) is 23.1 Å². The molecule has 1 N–H and O–H groups in total. The molecule has 0 amide bonds. The Bertz CT molecular complexity index is 1020. The van der Waals surface area contributed by atoms with E-state index in [1.165, 1.54) is 0 Å². The van der Waals surface area contributed by atoms with E-state index >= 15 is 0 Å². The van der Waals surface area contributed by atoms with E-state index in [1.807, 2.05) is 28.8 Å². The van der Waals surface area contributed by atoms with Gasteiger partial charge in [0.2, 0.25) is 0 Å². The number of fused-ring (bicyclic) bond motifs is 3. The first-order valence-electron chi connectivity index (χ1n) is 8.83. The van der Waals surface area contributed by atoms with Gasteiger partial charge in [0.1, 0.15) is 0 Å². The van der Waals surface area contributed by atoms with Gasteiger partial charge in [0.25, 0.3) is 0 Å². The minimum Gasteiger partial charge on any atom is -0.478 e. The zero-order valence-corrected chi connectivity index (χ0v) is 14.5. The molecule has 0 aliphatic heterocycles. The van der Waals surface area contributed by atoms with Gasteiger partial charge in [0.05, 0.1) is 11.5 Å². The molecule has 0 bridgehead atoms. The third-order valence-corrected chi connectivity index (χ3v) is 5.41. The molecule has 1 aliphatic rings. The molecule has 1 aromatic heterocycles. The molecule has 1 unspecified atom stereocenters. The summed E-state index contributed by atoms with van der Waals surface area (Å²) in [7, 11) is 0. The van der Waals surface area contributed by atoms with Gasteiger partial charge in [-0.05, 0) is 42.5 Å². The third-order valence-electron chi connectivity index (χ3n) is 5.41. The number of hydrogen-bond donors (Lipinski definition) is 1. The number of carboxylic acid groups (broad SMARTS) is 1. The summed E-state index contributed by atoms with van der Waals surface area (Å²) in [5.74, 6) is -2.33. The van der Waals surface area contributed by atoms with Crippen molar-refractivity contribution in [3.63, 3.8) is 0 Å². The Morgan fingerprint density at radius 1 is 1.11 bits per heavy atom. The predicted octanol–water partition coefficient (Wildman–Crippen LogP) is 5.06. The van der Waals surface area contributed by atoms with Crippen molar-refractivity contribution in [2.45, 2.75) is 32.0 Å². The van der Waals surface area contributed by atoms with Crippen molar-refractivity contribution < 1.29 is 23.1 Å². The second-order valence-electron chi connectivity index (χ2n) is 6.97. The SMILES string of the molecule is O=C(O)c1ccccc1Cn1c2c(c3ccccc31)CC(C(F)(F)F)CC2. The lowest BCUT2D eigenvalue weighted by atomic mass is 9.86. The summed E-state index contributed by atoms with van der Waals surface area (Å²) in [5, 5.41) is 10.3. The highest BCUT2D eigenvalue weighted by atomic mass is 19.4. The maximum Gasteiger partial charge on any atom is 0.392 e. The Morgan fingerprint density at radius 3 is 2.56 bits per heavy atom. The van der Waals surface area contributed by atoms with Gasteiger partial charge in [0.15, 0.2) is 0 Å². The average Bonchev–Trinajstić information content (AvgIpc) is 2.95. The summed E-state index contributed by atoms with van der Waals surface area (Å²) in [6, 6.07) is 14.2. The number of carboxylic acids is 1. The zero-order valence-electron chi connectivity index (χ0n) is 14.5. The van der Waals surface area contributed by atoms with Crippen LogP contribution in [0.1, 0.15) is 33.6 Å². The first kappa shape index (κ1) is 17.6. The molecule has 0 spiro atoms. The molecule has 2 aromatic carbocycles. The maximum absolute atomic E-state index is 13.3. The second kappa shape index (κ2) is 6.44. The topological polar surface area (TPSA) is 42.2 Å². The number of carbonyl (C=O) groups is 1. The van der Waals surface area contributed by atoms with Crippen molar-refractivity contribution in [2.24, 2.45) is 5.92 Å². The second-order valence-corrected chi connectivity index (χ2v) is 6.97. The minimum atomic E-state index is -4.20. The molecule has 3 nitrogen and oxygen atoms in total. The molecule has 4 rings (SSSR count). The van der Waals surface area contributed by atoms with Crippen molar-refractivity contribution in [1.29, 1.82) is 0 Å². The summed E-state index contributed by atoms with van der Waals surface area (Å²) in [5.41, 5.74) is 3.34. The first-order chi connectivity index (χ1) is 12.9. The van der Waals surface area contributed by atoms with Gasteiger partial charge >= 0.3 is 12.1 Å². The molecular weight excluding hydrogens is 355 g/mol. The van der Waals surface area contributed by atoms with Crippen LogP contribution in [0.3, 0.4) is 0 Å². The van der Waals surface area contributed by atoms with Crippen LogP contribution >= 0.6 is 0 Å². The van der Waals surface area contributed by atoms with E-state index in [1.54, 1.807) is 24.3 Å². The lowest BCUT2D eigenvalue weighted by molar-refractivity contribution is -0.177. The van der Waals surface area contributed by atoms with E-state index in [2.05, 4.69) is 0 Å². The largest absolute Gasteiger partial charge is 0.478 e. The van der Waals surface area contributed by atoms with Gasteiger partial charge in [-0.1, -0.05) is 36.4 Å². The predicted molar refractivity (Wildman–Crippen MR) is 96.0 cm³/mol. The normalized spacial score (nSPS) is 17.1. The van der Waals surface area contributed by atoms with Gasteiger partial charge in [-0.15, -0.1) is 0 Å². The Hall–Kier alpha value is -2.76. The van der Waals surface area contributed by atoms with Crippen LogP contribution in [0, 0.1) is 5.92 Å². The fourth-order valence-electron chi connectivity index (χ4n) is 4.10. The minimum absolute atomic E-state index is 0.0209. The Labute approximate surface area is 154 Å². The van der Waals surface area contributed by atoms with Crippen LogP contribution in [0.5, 0.6) is 0 Å². The fourth-order valence-corrected chi connectivity index (χ4v) is 4.10. The van der Waals surface area contributed by atoms with Crippen LogP contribution in [0.15, 0.2) is 48.5 Å². The number of nitrogens with zero attached hydrogens (tertiary/aromatic N) is 1. The van der Waals surface area contributed by atoms with Crippen LogP contribution in [0.2, 0.25) is 0 Å². The smallest absolute Gasteiger partial charge is 0.392 e. The Balaban J connectivity index is 1.83. The number of aromatic carboxylic acids is 1. The summed E-state index contributed by atoms with van der Waals surface area (Å²) in [6.45, 7) is 0.328. The highest BCUT2D eigenvalue weighted by molar-refractivity contribution is 5.90. The molecule has 0 saturated heterocycles. The van der Waals surface area contributed by atoms with Gasteiger partial charge < -0.3 is 9.67 Å². The molecule has 1 atom stereocenters. The van der Waals surface area contributed by atoms with Crippen LogP contribution in [0.4, 0.5) is 13.2 Å². The van der Waals surface area contributed by atoms with E-state index in [4.69, 9.17) is 0 Å². The van der Waals surface area contributed by atoms with E-state index < -0.39 is 18.1 Å². The fraction of sp³-hybridized carbons (Fsp3) is 0.286. The van der Waals surface area contributed by atoms with Crippen molar-refractivity contribution in [3.05, 3.63) is 70.9 Å². The van der Waals surface area contributed by atoms with Crippen LogP contribution in [-0.4, -0.2) is 21.8 Å². The van der Waals surface area contributed by atoms with Gasteiger partial charge in [-0.3, -0.25) is 0 Å². The third kappa shape index (κ3) is 3.09. The van der Waals surface area contributed by atoms with Crippen LogP contribution in [-0.2, 0) is 19.4 Å². The van der Waals surface area contributed by atoms with Crippen molar-refractivity contribution >= 4 is 16.9 Å². The molecule has 0 fully saturated rings. The van der Waals surface area contributed by atoms with Gasteiger partial charge in [-0.25, -0.2) is 4.79 Å². The average molecular weight is 373 g/mol. The monoisotopic (exact) mass is 373 g/mol. The summed E-state index contributed by atoms with van der Waals surface area (Å²) in [4.78, 5) is 11.5. The molecular formula is C21H18F3NO2. The molecule has 0 radical (unpaired) electrons. The van der Waals surface area contributed by atoms with E-state index in [-0.39, 0.29) is 18.4 Å². The highest BCUT2D eigenvalue weighted by Crippen LogP contribution is 2.41. The van der Waals surface area contributed by atoms with E-state index in [0.29, 0.717) is 18.5 Å². The molecule has 27 heavy (non-hydrogen) atoms. The molecule has 3 aromatic rings. The number of halogens is 3. The van der Waals surface area contributed by atoms with Crippen molar-refractivity contribution in [2.75, 3.05) is 0 Å². The number of hydrogen-bond acceptors (Lipinski definition) is 1. The standard InChI is InChI=1S/C21H18F3NO2/c22-21(23,24)14-9-10-19-17(11-14)16-7-3-4-8-18(16)25(19)12-13-5-1-2-6-15(13)20(26)27/h1-8,14H,9-12H2,(H,26,27). The number of rotatable bonds is 3. The lowest BCUT2D eigenvalue weighted by Gasteiger charge is -2.26. The molecule has 1 heterocycles. The summed E-state index contributed by atoms with van der Waals surface area (Å²) < 4.78 is 41.8. The molecule has 6 heteroatoms. The lowest BCUT2D eigenvalue weighted by Crippen LogP contribution is -2.29. The van der Waals surface area contributed by atoms with Crippen LogP contribution < -0.4 is 0 Å². The Kier molecular flexibility index (Phi) is 4.21. The quantitative estimate of drug-likeness (QED) is 0.698. The summed E-state index contributed by atoms with van der Waals surface area (Å²) in [6.07, 6.45) is -3.82. The molecule has 140 valence electrons. The Morgan fingerprint density at radius 2 is 1.81 bits per heavy atom. The first-order valence-corrected chi connectivity index (χ1v) is 8.83. The van der Waals surface area contributed by atoms with E-state index in [0.717, 1.165) is 22.2 Å². The highest BCUT2D eigenvalue weighted by Gasteiger charge is 2.42. The van der Waals surface area contributed by atoms with Crippen LogP contribution in [0.25, 0.3) is 10.9 Å².